The summed E-state index contributed by atoms with van der Waals surface area (Å²) in [7, 11) is 3.06. The lowest BCUT2D eigenvalue weighted by Gasteiger charge is -2.50. The van der Waals surface area contributed by atoms with Crippen molar-refractivity contribution in [2.75, 3.05) is 20.6 Å². The first-order valence-corrected chi connectivity index (χ1v) is 14.5. The number of likely N-dealkylation sites (N-methyl/N-ethyl adjacent to an activating group) is 1. The number of ketones is 2. The molecule has 1 aliphatic heterocycles. The van der Waals surface area contributed by atoms with Crippen LogP contribution in [0.15, 0.2) is 22.7 Å². The highest BCUT2D eigenvalue weighted by atomic mass is 19.1. The number of nitrogens with two attached hydrogens (primary N) is 1. The number of aliphatic hydroxyl groups excluding tert-OH is 2. The van der Waals surface area contributed by atoms with Crippen molar-refractivity contribution in [2.24, 2.45) is 17.6 Å². The third-order valence-electron chi connectivity index (χ3n) is 9.98. The first-order valence-electron chi connectivity index (χ1n) is 14.5. The largest absolute Gasteiger partial charge is 0.510 e. The number of aliphatic hydroxyl groups is 3. The zero-order valence-electron chi connectivity index (χ0n) is 23.9. The van der Waals surface area contributed by atoms with Gasteiger partial charge in [0, 0.05) is 40.8 Å². The summed E-state index contributed by atoms with van der Waals surface area (Å²) < 4.78 is 16.1. The summed E-state index contributed by atoms with van der Waals surface area (Å²) in [5.74, 6) is -8.89. The lowest BCUT2D eigenvalue weighted by Crippen LogP contribution is -2.63. The number of aromatic hydroxyl groups is 1. The number of benzene rings is 1. The SMILES string of the molecule is CN(C)[C@@H]1C(O)=C(C(N)=O)C(=O)[C@@]2(O)C(O)=C3C(=O)c4c(O)c5c(c(F)c4CC3C[C@@H]12)CN(C(=O)CNC1CCCC1)C5. The number of amides is 2. The van der Waals surface area contributed by atoms with Gasteiger partial charge in [0.05, 0.1) is 24.7 Å². The van der Waals surface area contributed by atoms with Crippen molar-refractivity contribution >= 4 is 23.4 Å². The molecule has 43 heavy (non-hydrogen) atoms. The van der Waals surface area contributed by atoms with Crippen molar-refractivity contribution in [3.8, 4) is 5.75 Å². The Morgan fingerprint density at radius 3 is 2.37 bits per heavy atom. The number of carbonyl (C=O) groups is 4. The minimum Gasteiger partial charge on any atom is -0.510 e. The molecule has 230 valence electrons. The van der Waals surface area contributed by atoms with Crippen LogP contribution in [-0.4, -0.2) is 91.9 Å². The van der Waals surface area contributed by atoms with Crippen LogP contribution in [0.5, 0.6) is 5.75 Å². The van der Waals surface area contributed by atoms with E-state index < -0.39 is 75.2 Å². The van der Waals surface area contributed by atoms with E-state index in [1.54, 1.807) is 0 Å². The molecule has 13 heteroatoms. The zero-order chi connectivity index (χ0) is 31.1. The van der Waals surface area contributed by atoms with Crippen molar-refractivity contribution in [1.82, 2.24) is 15.1 Å². The van der Waals surface area contributed by atoms with Crippen molar-refractivity contribution in [3.05, 3.63) is 50.7 Å². The minimum atomic E-state index is -2.77. The van der Waals surface area contributed by atoms with Gasteiger partial charge in [-0.2, -0.15) is 0 Å². The first-order chi connectivity index (χ1) is 20.3. The number of phenols is 1. The van der Waals surface area contributed by atoms with Crippen molar-refractivity contribution in [3.63, 3.8) is 0 Å². The van der Waals surface area contributed by atoms with E-state index in [0.29, 0.717) is 0 Å². The molecular weight excluding hydrogens is 563 g/mol. The van der Waals surface area contributed by atoms with Crippen LogP contribution in [-0.2, 0) is 33.9 Å². The summed E-state index contributed by atoms with van der Waals surface area (Å²) in [4.78, 5) is 55.2. The molecule has 5 aliphatic rings. The fourth-order valence-electron chi connectivity index (χ4n) is 7.87. The first kappa shape index (κ1) is 29.3. The lowest BCUT2D eigenvalue weighted by molar-refractivity contribution is -0.148. The van der Waals surface area contributed by atoms with Gasteiger partial charge in [-0.1, -0.05) is 12.8 Å². The quantitative estimate of drug-likeness (QED) is 0.262. The topological polar surface area (TPSA) is 194 Å². The van der Waals surface area contributed by atoms with Gasteiger partial charge in [-0.15, -0.1) is 0 Å². The van der Waals surface area contributed by atoms with Crippen LogP contribution in [0, 0.1) is 17.7 Å². The van der Waals surface area contributed by atoms with Gasteiger partial charge in [0.15, 0.2) is 11.4 Å². The molecule has 0 spiro atoms. The Morgan fingerprint density at radius 1 is 1.09 bits per heavy atom. The number of rotatable bonds is 5. The average Bonchev–Trinajstić information content (AvgIpc) is 3.63. The molecular formula is C30H35FN4O8. The van der Waals surface area contributed by atoms with Crippen molar-refractivity contribution in [2.45, 2.75) is 69.3 Å². The molecule has 1 aromatic carbocycles. The van der Waals surface area contributed by atoms with Crippen molar-refractivity contribution in [1.29, 1.82) is 0 Å². The molecule has 4 atom stereocenters. The zero-order valence-corrected chi connectivity index (χ0v) is 23.9. The number of hydrogen-bond donors (Lipinski definition) is 6. The molecule has 12 nitrogen and oxygen atoms in total. The number of halogens is 1. The molecule has 0 saturated heterocycles. The number of fused-ring (bicyclic) bond motifs is 4. The Hall–Kier alpha value is -3.81. The van der Waals surface area contributed by atoms with E-state index in [1.165, 1.54) is 23.9 Å². The summed E-state index contributed by atoms with van der Waals surface area (Å²) >= 11 is 0. The van der Waals surface area contributed by atoms with Crippen LogP contribution in [0.1, 0.15) is 59.2 Å². The normalized spacial score (nSPS) is 28.8. The van der Waals surface area contributed by atoms with E-state index in [1.807, 2.05) is 0 Å². The molecule has 6 rings (SSSR count). The maximum Gasteiger partial charge on any atom is 0.255 e. The van der Waals surface area contributed by atoms with Crippen LogP contribution in [0.3, 0.4) is 0 Å². The second-order valence-corrected chi connectivity index (χ2v) is 12.5. The maximum atomic E-state index is 16.1. The number of phenolic OH excluding ortho intramolecular Hbond substituents is 1. The Morgan fingerprint density at radius 2 is 1.74 bits per heavy atom. The predicted octanol–water partition coefficient (Wildman–Crippen LogP) is 0.634. The smallest absolute Gasteiger partial charge is 0.255 e. The highest BCUT2D eigenvalue weighted by molar-refractivity contribution is 6.24. The molecule has 1 saturated carbocycles. The second kappa shape index (κ2) is 10.1. The standard InChI is InChI=1S/C30H35FN4O8/c1-34(2)23-17-8-12-7-14-20(25(38)19(12)27(40)30(17,43)28(41)21(26(23)39)29(32)42)24(37)16-11-35(10-15(16)22(14)31)18(36)9-33-13-5-3-4-6-13/h12-13,17,23,33,37,39-40,43H,3-11H2,1-2H3,(H2,32,42)/t12?,17-,23-,30-/m0/s1. The van der Waals surface area contributed by atoms with E-state index in [2.05, 4.69) is 5.32 Å². The highest BCUT2D eigenvalue weighted by Crippen LogP contribution is 2.53. The third-order valence-corrected chi connectivity index (χ3v) is 9.98. The molecule has 7 N–H and O–H groups in total. The van der Waals surface area contributed by atoms with Gasteiger partial charge in [0.1, 0.15) is 28.7 Å². The lowest BCUT2D eigenvalue weighted by atomic mass is 9.58. The molecule has 1 heterocycles. The molecule has 0 aromatic heterocycles. The molecule has 0 bridgehead atoms. The Labute approximate surface area is 246 Å². The molecule has 2 amide bonds. The van der Waals surface area contributed by atoms with Gasteiger partial charge < -0.3 is 36.4 Å². The van der Waals surface area contributed by atoms with Gasteiger partial charge in [-0.3, -0.25) is 24.1 Å². The molecule has 1 aromatic rings. The maximum absolute atomic E-state index is 16.1. The summed E-state index contributed by atoms with van der Waals surface area (Å²) in [5, 5.41) is 48.5. The fourth-order valence-corrected chi connectivity index (χ4v) is 7.87. The van der Waals surface area contributed by atoms with Gasteiger partial charge in [0.2, 0.25) is 11.7 Å². The minimum absolute atomic E-state index is 0.0672. The predicted molar refractivity (Wildman–Crippen MR) is 148 cm³/mol. The molecule has 0 radical (unpaired) electrons. The second-order valence-electron chi connectivity index (χ2n) is 12.5. The van der Waals surface area contributed by atoms with Gasteiger partial charge >= 0.3 is 0 Å². The highest BCUT2D eigenvalue weighted by Gasteiger charge is 2.63. The van der Waals surface area contributed by atoms with Crippen LogP contribution in [0.2, 0.25) is 0 Å². The van der Waals surface area contributed by atoms with E-state index in [-0.39, 0.29) is 66.7 Å². The summed E-state index contributed by atoms with van der Waals surface area (Å²) in [6.07, 6.45) is 3.87. The van der Waals surface area contributed by atoms with E-state index in [4.69, 9.17) is 5.73 Å². The fraction of sp³-hybridized carbons (Fsp3) is 0.533. The number of hydrogen-bond acceptors (Lipinski definition) is 10. The number of Topliss-reactive ketones (excluding diaryl/α,β-unsaturated/α-hetero) is 2. The number of carbonyl (C=O) groups excluding carboxylic acids is 4. The number of allylic oxidation sites excluding steroid dienone is 1. The average molecular weight is 599 g/mol. The van der Waals surface area contributed by atoms with E-state index in [9.17, 15) is 39.6 Å². The van der Waals surface area contributed by atoms with Gasteiger partial charge in [-0.25, -0.2) is 4.39 Å². The van der Waals surface area contributed by atoms with Crippen molar-refractivity contribution < 1.29 is 44.0 Å². The monoisotopic (exact) mass is 598 g/mol. The number of primary amides is 1. The van der Waals surface area contributed by atoms with Crippen LogP contribution in [0.25, 0.3) is 0 Å². The Bertz CT molecular complexity index is 1540. The van der Waals surface area contributed by atoms with E-state index >= 15 is 4.39 Å². The van der Waals surface area contributed by atoms with Crippen LogP contribution < -0.4 is 11.1 Å². The van der Waals surface area contributed by atoms with E-state index in [0.717, 1.165) is 25.7 Å². The third kappa shape index (κ3) is 4.12. The molecule has 4 aliphatic carbocycles. The van der Waals surface area contributed by atoms with Gasteiger partial charge in [-0.05, 0) is 45.7 Å². The van der Waals surface area contributed by atoms with Crippen LogP contribution in [0.4, 0.5) is 4.39 Å². The van der Waals surface area contributed by atoms with Crippen LogP contribution >= 0.6 is 0 Å². The summed E-state index contributed by atoms with van der Waals surface area (Å²) in [6, 6.07) is -0.886. The molecule has 1 fully saturated rings. The summed E-state index contributed by atoms with van der Waals surface area (Å²) in [6.45, 7) is -0.120. The van der Waals surface area contributed by atoms with Gasteiger partial charge in [0.25, 0.3) is 5.91 Å². The number of nitrogens with zero attached hydrogens (tertiary/aromatic N) is 2. The Balaban J connectivity index is 1.38. The number of nitrogens with one attached hydrogen (secondary N) is 1. The Kier molecular flexibility index (Phi) is 6.90. The summed E-state index contributed by atoms with van der Waals surface area (Å²) in [5.41, 5.74) is 1.07. The molecule has 1 unspecified atom stereocenters.